The van der Waals surface area contributed by atoms with Crippen LogP contribution >= 0.6 is 0 Å². The van der Waals surface area contributed by atoms with Gasteiger partial charge in [-0.05, 0) is 24.3 Å². The number of rotatable bonds is 4. The molecule has 0 aliphatic carbocycles. The topological polar surface area (TPSA) is 26.7 Å². The van der Waals surface area contributed by atoms with Gasteiger partial charge in [-0.25, -0.2) is 13.2 Å². The van der Waals surface area contributed by atoms with E-state index in [1.54, 1.807) is 18.2 Å². The molecule has 2 aromatic rings. The van der Waals surface area contributed by atoms with E-state index in [0.29, 0.717) is 31.9 Å². The third kappa shape index (κ3) is 3.55. The third-order valence-corrected chi connectivity index (χ3v) is 4.33. The van der Waals surface area contributed by atoms with Crippen molar-refractivity contribution in [2.45, 2.75) is 6.10 Å². The van der Waals surface area contributed by atoms with E-state index < -0.39 is 17.7 Å². The number of aliphatic hydroxyl groups excluding tert-OH is 1. The van der Waals surface area contributed by atoms with Crippen molar-refractivity contribution >= 4 is 5.69 Å². The molecule has 1 aliphatic rings. The average Bonchev–Trinajstić information content (AvgIpc) is 2.56. The smallest absolute Gasteiger partial charge is 0.146 e. The highest BCUT2D eigenvalue weighted by Gasteiger charge is 2.24. The number of para-hydroxylation sites is 1. The number of nitrogens with zero attached hydrogens (tertiary/aromatic N) is 2. The molecule has 1 heterocycles. The van der Waals surface area contributed by atoms with Crippen molar-refractivity contribution in [2.24, 2.45) is 0 Å². The maximum absolute atomic E-state index is 13.8. The Morgan fingerprint density at radius 1 is 0.833 bits per heavy atom. The molecular formula is C18H19F3N2O. The summed E-state index contributed by atoms with van der Waals surface area (Å²) in [6.45, 7) is 2.49. The summed E-state index contributed by atoms with van der Waals surface area (Å²) in [4.78, 5) is 3.86. The van der Waals surface area contributed by atoms with E-state index in [1.165, 1.54) is 12.1 Å². The maximum Gasteiger partial charge on any atom is 0.146 e. The van der Waals surface area contributed by atoms with Crippen LogP contribution in [0.25, 0.3) is 0 Å². The van der Waals surface area contributed by atoms with Gasteiger partial charge in [-0.3, -0.25) is 4.90 Å². The lowest BCUT2D eigenvalue weighted by molar-refractivity contribution is 0.103. The first-order chi connectivity index (χ1) is 11.6. The Hall–Kier alpha value is -2.05. The van der Waals surface area contributed by atoms with Gasteiger partial charge in [0.25, 0.3) is 0 Å². The zero-order valence-corrected chi connectivity index (χ0v) is 13.1. The van der Waals surface area contributed by atoms with Gasteiger partial charge in [-0.1, -0.05) is 18.2 Å². The molecule has 2 aromatic carbocycles. The largest absolute Gasteiger partial charge is 0.387 e. The van der Waals surface area contributed by atoms with Gasteiger partial charge < -0.3 is 10.0 Å². The van der Waals surface area contributed by atoms with Crippen LogP contribution < -0.4 is 4.90 Å². The number of hydrogen-bond donors (Lipinski definition) is 1. The van der Waals surface area contributed by atoms with Crippen molar-refractivity contribution in [1.82, 2.24) is 4.90 Å². The normalized spacial score (nSPS) is 17.1. The summed E-state index contributed by atoms with van der Waals surface area (Å²) >= 11 is 0. The standard InChI is InChI=1S/C18H19F3N2O/c19-13-4-1-2-7-16(13)23-10-8-22(9-11-23)12-17(24)18-14(20)5-3-6-15(18)21/h1-7,17,24H,8-12H2. The number of anilines is 1. The SMILES string of the molecule is OC(CN1CCN(c2ccccc2F)CC1)c1c(F)cccc1F. The average molecular weight is 336 g/mol. The molecule has 0 radical (unpaired) electrons. The number of β-amino-alcohol motifs (C(OH)–C–C–N with tert-alkyl or cyclic N) is 1. The number of halogens is 3. The van der Waals surface area contributed by atoms with Gasteiger partial charge in [0.2, 0.25) is 0 Å². The molecule has 0 saturated carbocycles. The highest BCUT2D eigenvalue weighted by molar-refractivity contribution is 5.48. The molecule has 3 nitrogen and oxygen atoms in total. The van der Waals surface area contributed by atoms with Crippen LogP contribution in [0.5, 0.6) is 0 Å². The Morgan fingerprint density at radius 3 is 2.04 bits per heavy atom. The van der Waals surface area contributed by atoms with E-state index >= 15 is 0 Å². The Morgan fingerprint density at radius 2 is 1.42 bits per heavy atom. The lowest BCUT2D eigenvalue weighted by Gasteiger charge is -2.37. The molecular weight excluding hydrogens is 317 g/mol. The molecule has 6 heteroatoms. The molecule has 1 atom stereocenters. The van der Waals surface area contributed by atoms with Gasteiger partial charge in [-0.2, -0.15) is 0 Å². The maximum atomic E-state index is 13.8. The predicted molar refractivity (Wildman–Crippen MR) is 86.4 cm³/mol. The molecule has 0 amide bonds. The van der Waals surface area contributed by atoms with Crippen LogP contribution in [0.2, 0.25) is 0 Å². The predicted octanol–water partition coefficient (Wildman–Crippen LogP) is 2.96. The number of hydrogen-bond acceptors (Lipinski definition) is 3. The van der Waals surface area contributed by atoms with Gasteiger partial charge in [-0.15, -0.1) is 0 Å². The van der Waals surface area contributed by atoms with E-state index in [4.69, 9.17) is 0 Å². The second-order valence-electron chi connectivity index (χ2n) is 5.89. The minimum atomic E-state index is -1.23. The van der Waals surface area contributed by atoms with Gasteiger partial charge in [0.1, 0.15) is 17.5 Å². The number of aliphatic hydroxyl groups is 1. The molecule has 1 aliphatic heterocycles. The Balaban J connectivity index is 1.60. The van der Waals surface area contributed by atoms with Crippen LogP contribution in [0.15, 0.2) is 42.5 Å². The van der Waals surface area contributed by atoms with Gasteiger partial charge in [0.15, 0.2) is 0 Å². The molecule has 0 bridgehead atoms. The Kier molecular flexibility index (Phi) is 5.06. The summed E-state index contributed by atoms with van der Waals surface area (Å²) in [5.41, 5.74) is 0.256. The van der Waals surface area contributed by atoms with E-state index in [1.807, 2.05) is 9.80 Å². The zero-order chi connectivity index (χ0) is 17.1. The van der Waals surface area contributed by atoms with Crippen molar-refractivity contribution in [2.75, 3.05) is 37.6 Å². The highest BCUT2D eigenvalue weighted by Crippen LogP contribution is 2.24. The molecule has 1 unspecified atom stereocenters. The summed E-state index contributed by atoms with van der Waals surface area (Å²) in [7, 11) is 0. The summed E-state index contributed by atoms with van der Waals surface area (Å²) in [6, 6.07) is 10.1. The summed E-state index contributed by atoms with van der Waals surface area (Å²) in [5.74, 6) is -1.75. The fourth-order valence-corrected chi connectivity index (χ4v) is 3.04. The zero-order valence-electron chi connectivity index (χ0n) is 13.1. The lowest BCUT2D eigenvalue weighted by atomic mass is 10.1. The first-order valence-corrected chi connectivity index (χ1v) is 7.90. The first kappa shape index (κ1) is 16.8. The monoisotopic (exact) mass is 336 g/mol. The fourth-order valence-electron chi connectivity index (χ4n) is 3.04. The molecule has 24 heavy (non-hydrogen) atoms. The van der Waals surface area contributed by atoms with Crippen LogP contribution in [0, 0.1) is 17.5 Å². The van der Waals surface area contributed by atoms with E-state index in [0.717, 1.165) is 12.1 Å². The van der Waals surface area contributed by atoms with E-state index in [9.17, 15) is 18.3 Å². The summed E-state index contributed by atoms with van der Waals surface area (Å²) in [5, 5.41) is 10.2. The molecule has 0 aromatic heterocycles. The van der Waals surface area contributed by atoms with Crippen molar-refractivity contribution in [1.29, 1.82) is 0 Å². The summed E-state index contributed by atoms with van der Waals surface area (Å²) in [6.07, 6.45) is -1.23. The van der Waals surface area contributed by atoms with Crippen LogP contribution in [0.4, 0.5) is 18.9 Å². The van der Waals surface area contributed by atoms with Crippen LogP contribution in [0.3, 0.4) is 0 Å². The van der Waals surface area contributed by atoms with Crippen molar-refractivity contribution in [3.05, 3.63) is 65.5 Å². The van der Waals surface area contributed by atoms with Crippen LogP contribution in [-0.4, -0.2) is 42.7 Å². The molecule has 128 valence electrons. The van der Waals surface area contributed by atoms with Crippen LogP contribution in [-0.2, 0) is 0 Å². The van der Waals surface area contributed by atoms with Gasteiger partial charge >= 0.3 is 0 Å². The van der Waals surface area contributed by atoms with Crippen LogP contribution in [0.1, 0.15) is 11.7 Å². The molecule has 1 saturated heterocycles. The van der Waals surface area contributed by atoms with Crippen molar-refractivity contribution in [3.8, 4) is 0 Å². The summed E-state index contributed by atoms with van der Waals surface area (Å²) < 4.78 is 41.2. The molecule has 0 spiro atoms. The lowest BCUT2D eigenvalue weighted by Crippen LogP contribution is -2.47. The van der Waals surface area contributed by atoms with Gasteiger partial charge in [0, 0.05) is 32.7 Å². The molecule has 3 rings (SSSR count). The number of piperazine rings is 1. The van der Waals surface area contributed by atoms with E-state index in [-0.39, 0.29) is 17.9 Å². The van der Waals surface area contributed by atoms with E-state index in [2.05, 4.69) is 0 Å². The minimum absolute atomic E-state index is 0.142. The highest BCUT2D eigenvalue weighted by atomic mass is 19.1. The van der Waals surface area contributed by atoms with Crippen molar-refractivity contribution in [3.63, 3.8) is 0 Å². The minimum Gasteiger partial charge on any atom is -0.387 e. The second kappa shape index (κ2) is 7.23. The second-order valence-corrected chi connectivity index (χ2v) is 5.89. The molecule has 1 N–H and O–H groups in total. The third-order valence-electron chi connectivity index (χ3n) is 4.33. The fraction of sp³-hybridized carbons (Fsp3) is 0.333. The Labute approximate surface area is 138 Å². The Bertz CT molecular complexity index is 682. The van der Waals surface area contributed by atoms with Crippen molar-refractivity contribution < 1.29 is 18.3 Å². The number of benzene rings is 2. The van der Waals surface area contributed by atoms with Gasteiger partial charge in [0.05, 0.1) is 17.4 Å². The first-order valence-electron chi connectivity index (χ1n) is 7.90. The molecule has 1 fully saturated rings. The quantitative estimate of drug-likeness (QED) is 0.930.